The zero-order valence-corrected chi connectivity index (χ0v) is 25.9. The zero-order chi connectivity index (χ0) is 26.6. The molecule has 1 aromatic carbocycles. The van der Waals surface area contributed by atoms with Crippen molar-refractivity contribution in [1.29, 1.82) is 0 Å². The molecule has 41 heavy (non-hydrogen) atoms. The third-order valence-electron chi connectivity index (χ3n) is 8.54. The molecule has 0 spiro atoms. The van der Waals surface area contributed by atoms with Crippen LogP contribution in [-0.2, 0) is 4.79 Å². The van der Waals surface area contributed by atoms with E-state index in [-0.39, 0.29) is 36.8 Å². The molecule has 0 radical (unpaired) electrons. The van der Waals surface area contributed by atoms with Crippen molar-refractivity contribution in [2.75, 3.05) is 29.5 Å². The lowest BCUT2D eigenvalue weighted by atomic mass is 9.92. The summed E-state index contributed by atoms with van der Waals surface area (Å²) >= 11 is 1.61. The first-order chi connectivity index (χ1) is 19.1. The number of amides is 1. The van der Waals surface area contributed by atoms with Crippen LogP contribution in [0.1, 0.15) is 70.3 Å². The molecule has 6 rings (SSSR count). The Labute approximate surface area is 259 Å². The number of halogens is 2. The number of nitrogens with zero attached hydrogens (tertiary/aromatic N) is 5. The third kappa shape index (κ3) is 7.77. The molecule has 2 saturated carbocycles. The van der Waals surface area contributed by atoms with Gasteiger partial charge in [0.1, 0.15) is 0 Å². The van der Waals surface area contributed by atoms with Crippen LogP contribution in [0, 0.1) is 0 Å². The number of carbonyl (C=O) groups excluding carboxylic acids is 1. The summed E-state index contributed by atoms with van der Waals surface area (Å²) in [6.45, 7) is 1.51. The van der Waals surface area contributed by atoms with Crippen LogP contribution in [0.2, 0.25) is 0 Å². The number of thioether (sulfide) groups is 1. The summed E-state index contributed by atoms with van der Waals surface area (Å²) in [5.41, 5.74) is 7.89. The van der Waals surface area contributed by atoms with Gasteiger partial charge in [0.15, 0.2) is 17.0 Å². The number of piperidine rings is 1. The fraction of sp³-hybridized carbons (Fsp3) is 0.586. The van der Waals surface area contributed by atoms with Gasteiger partial charge in [0.2, 0.25) is 11.9 Å². The van der Waals surface area contributed by atoms with E-state index in [1.807, 2.05) is 29.4 Å². The van der Waals surface area contributed by atoms with Gasteiger partial charge in [0.05, 0.1) is 12.1 Å². The second kappa shape index (κ2) is 14.8. The van der Waals surface area contributed by atoms with Gasteiger partial charge in [-0.3, -0.25) is 4.79 Å². The highest BCUT2D eigenvalue weighted by molar-refractivity contribution is 8.00. The number of imidazole rings is 1. The van der Waals surface area contributed by atoms with Crippen molar-refractivity contribution in [2.45, 2.75) is 93.3 Å². The fourth-order valence-electron chi connectivity index (χ4n) is 6.20. The molecule has 1 saturated heterocycles. The van der Waals surface area contributed by atoms with Gasteiger partial charge in [-0.15, -0.1) is 36.6 Å². The smallest absolute Gasteiger partial charge is 0.232 e. The Kier molecular flexibility index (Phi) is 11.4. The summed E-state index contributed by atoms with van der Waals surface area (Å²) in [5.74, 6) is 2.17. The van der Waals surface area contributed by atoms with Crippen LogP contribution >= 0.6 is 36.6 Å². The van der Waals surface area contributed by atoms with Crippen LogP contribution in [0.4, 0.5) is 11.8 Å². The van der Waals surface area contributed by atoms with E-state index in [0.29, 0.717) is 29.8 Å². The molecule has 3 aliphatic rings. The summed E-state index contributed by atoms with van der Waals surface area (Å²) in [5, 5.41) is 7.31. The predicted octanol–water partition coefficient (Wildman–Crippen LogP) is 5.66. The number of fused-ring (bicyclic) bond motifs is 1. The molecule has 3 heterocycles. The van der Waals surface area contributed by atoms with Crippen molar-refractivity contribution in [3.63, 3.8) is 0 Å². The molecule has 12 heteroatoms. The Morgan fingerprint density at radius 2 is 1.59 bits per heavy atom. The Morgan fingerprint density at radius 1 is 0.902 bits per heavy atom. The predicted molar refractivity (Wildman–Crippen MR) is 172 cm³/mol. The lowest BCUT2D eigenvalue weighted by molar-refractivity contribution is -0.129. The summed E-state index contributed by atoms with van der Waals surface area (Å²) in [6, 6.07) is 11.5. The third-order valence-corrected chi connectivity index (χ3v) is 9.54. The van der Waals surface area contributed by atoms with Gasteiger partial charge in [-0.2, -0.15) is 9.97 Å². The molecule has 2 aliphatic carbocycles. The second-order valence-corrected chi connectivity index (χ2v) is 12.4. The van der Waals surface area contributed by atoms with Crippen molar-refractivity contribution >= 4 is 65.4 Å². The van der Waals surface area contributed by atoms with Crippen molar-refractivity contribution < 1.29 is 4.79 Å². The minimum Gasteiger partial charge on any atom is -0.365 e. The number of nitrogens with one attached hydrogen (secondary N) is 2. The Bertz CT molecular complexity index is 1260. The summed E-state index contributed by atoms with van der Waals surface area (Å²) in [4.78, 5) is 30.7. The molecular formula is C29H42Cl2N8OS. The van der Waals surface area contributed by atoms with Gasteiger partial charge in [0.25, 0.3) is 0 Å². The molecule has 4 N–H and O–H groups in total. The van der Waals surface area contributed by atoms with E-state index in [0.717, 1.165) is 73.5 Å². The molecule has 224 valence electrons. The Morgan fingerprint density at radius 3 is 2.29 bits per heavy atom. The molecule has 0 atom stereocenters. The molecule has 0 bridgehead atoms. The first kappa shape index (κ1) is 31.7. The van der Waals surface area contributed by atoms with E-state index in [1.54, 1.807) is 11.8 Å². The second-order valence-electron chi connectivity index (χ2n) is 11.3. The number of carbonyl (C=O) groups is 1. The maximum atomic E-state index is 12.8. The molecule has 3 aromatic rings. The molecule has 2 aromatic heterocycles. The van der Waals surface area contributed by atoms with Gasteiger partial charge >= 0.3 is 0 Å². The number of hydrogen-bond acceptors (Lipinski definition) is 8. The monoisotopic (exact) mass is 620 g/mol. The highest BCUT2D eigenvalue weighted by Gasteiger charge is 2.27. The number of hydrogen-bond donors (Lipinski definition) is 3. The molecular weight excluding hydrogens is 579 g/mol. The zero-order valence-electron chi connectivity index (χ0n) is 23.4. The van der Waals surface area contributed by atoms with Crippen molar-refractivity contribution in [3.05, 3.63) is 36.7 Å². The lowest BCUT2D eigenvalue weighted by Crippen LogP contribution is -2.43. The average Bonchev–Trinajstić information content (AvgIpc) is 3.64. The van der Waals surface area contributed by atoms with Crippen molar-refractivity contribution in [1.82, 2.24) is 24.4 Å². The van der Waals surface area contributed by atoms with E-state index in [1.165, 1.54) is 25.7 Å². The number of aromatic nitrogens is 4. The van der Waals surface area contributed by atoms with E-state index in [9.17, 15) is 4.79 Å². The van der Waals surface area contributed by atoms with Gasteiger partial charge in [-0.05, 0) is 63.5 Å². The molecule has 0 unspecified atom stereocenters. The fourth-order valence-corrected chi connectivity index (χ4v) is 7.02. The summed E-state index contributed by atoms with van der Waals surface area (Å²) in [6.07, 6.45) is 12.8. The van der Waals surface area contributed by atoms with Crippen molar-refractivity contribution in [2.24, 2.45) is 5.73 Å². The minimum atomic E-state index is 0. The number of anilines is 2. The standard InChI is InChI=1S/C29H40N8OS.2ClH/c30-20-10-12-21(13-11-20)33-29-34-27(26-28(35-29)37(19-31-26)23-6-4-5-7-23)32-22-14-16-36(17-15-22)25(38)18-39-24-8-2-1-3-9-24;;/h1-3,8-9,19-23H,4-7,10-18,30H2,(H2,32,33,34,35);2*1H. The molecule has 1 aliphatic heterocycles. The number of benzene rings is 1. The van der Waals surface area contributed by atoms with Crippen LogP contribution in [0.15, 0.2) is 41.6 Å². The van der Waals surface area contributed by atoms with Crippen LogP contribution in [0.5, 0.6) is 0 Å². The Balaban J connectivity index is 0.00000194. The lowest BCUT2D eigenvalue weighted by Gasteiger charge is -2.33. The van der Waals surface area contributed by atoms with Crippen LogP contribution in [0.3, 0.4) is 0 Å². The number of likely N-dealkylation sites (tertiary alicyclic amines) is 1. The minimum absolute atomic E-state index is 0. The number of rotatable bonds is 8. The van der Waals surface area contributed by atoms with E-state index >= 15 is 0 Å². The first-order valence-electron chi connectivity index (χ1n) is 14.6. The molecule has 9 nitrogen and oxygen atoms in total. The molecule has 1 amide bonds. The first-order valence-corrected chi connectivity index (χ1v) is 15.6. The van der Waals surface area contributed by atoms with Gasteiger partial charge < -0.3 is 25.8 Å². The maximum Gasteiger partial charge on any atom is 0.232 e. The topological polar surface area (TPSA) is 114 Å². The number of nitrogens with two attached hydrogens (primary N) is 1. The highest BCUT2D eigenvalue weighted by atomic mass is 35.5. The highest BCUT2D eigenvalue weighted by Crippen LogP contribution is 2.34. The Hall–Kier alpha value is -2.27. The van der Waals surface area contributed by atoms with Gasteiger partial charge in [-0.1, -0.05) is 31.0 Å². The molecule has 3 fully saturated rings. The maximum absolute atomic E-state index is 12.8. The van der Waals surface area contributed by atoms with Gasteiger partial charge in [-0.25, -0.2) is 4.98 Å². The van der Waals surface area contributed by atoms with E-state index in [4.69, 9.17) is 20.7 Å². The van der Waals surface area contributed by atoms with Gasteiger partial charge in [0, 0.05) is 42.2 Å². The van der Waals surface area contributed by atoms with E-state index < -0.39 is 0 Å². The van der Waals surface area contributed by atoms with E-state index in [2.05, 4.69) is 27.3 Å². The van der Waals surface area contributed by atoms with Crippen LogP contribution in [0.25, 0.3) is 11.2 Å². The SMILES string of the molecule is Cl.Cl.NC1CCC(Nc2nc(NC3CCN(C(=O)CSc4ccccc4)CC3)c3ncn(C4CCCC4)c3n2)CC1. The van der Waals surface area contributed by atoms with Crippen LogP contribution < -0.4 is 16.4 Å². The van der Waals surface area contributed by atoms with Crippen molar-refractivity contribution in [3.8, 4) is 0 Å². The normalized spacial score (nSPS) is 21.7. The average molecular weight is 622 g/mol. The largest absolute Gasteiger partial charge is 0.365 e. The quantitative estimate of drug-likeness (QED) is 0.276. The summed E-state index contributed by atoms with van der Waals surface area (Å²) in [7, 11) is 0. The summed E-state index contributed by atoms with van der Waals surface area (Å²) < 4.78 is 2.27. The van der Waals surface area contributed by atoms with Crippen LogP contribution in [-0.4, -0.2) is 67.3 Å².